The van der Waals surface area contributed by atoms with Crippen molar-refractivity contribution < 1.29 is 9.59 Å². The lowest BCUT2D eigenvalue weighted by atomic mass is 9.75. The van der Waals surface area contributed by atoms with E-state index in [9.17, 15) is 9.59 Å². The molecule has 0 aromatic rings. The summed E-state index contributed by atoms with van der Waals surface area (Å²) in [6.07, 6.45) is 4.41. The first-order chi connectivity index (χ1) is 10.1. The molecule has 21 heavy (non-hydrogen) atoms. The molecular formula is C16H29N3O2. The molecule has 2 aliphatic rings. The molecule has 0 saturated carbocycles. The summed E-state index contributed by atoms with van der Waals surface area (Å²) in [5, 5.41) is 6.23. The van der Waals surface area contributed by atoms with Gasteiger partial charge in [0.05, 0.1) is 5.41 Å². The SMILES string of the molecule is CCNC(=O)C1CCN(C(=O)C2(CC)CCNCC2)CC1. The molecule has 0 atom stereocenters. The van der Waals surface area contributed by atoms with E-state index in [0.29, 0.717) is 12.5 Å². The van der Waals surface area contributed by atoms with Crippen LogP contribution in [0, 0.1) is 11.3 Å². The van der Waals surface area contributed by atoms with E-state index >= 15 is 0 Å². The standard InChI is InChI=1S/C16H29N3O2/c1-3-16(7-9-17-10-8-16)15(21)19-11-5-13(6-12-19)14(20)18-4-2/h13,17H,3-12H2,1-2H3,(H,18,20). The zero-order valence-corrected chi connectivity index (χ0v) is 13.4. The number of likely N-dealkylation sites (tertiary alicyclic amines) is 1. The van der Waals surface area contributed by atoms with Gasteiger partial charge in [-0.3, -0.25) is 9.59 Å². The Morgan fingerprint density at radius 2 is 1.81 bits per heavy atom. The quantitative estimate of drug-likeness (QED) is 0.817. The van der Waals surface area contributed by atoms with Crippen LogP contribution in [0.3, 0.4) is 0 Å². The third kappa shape index (κ3) is 3.57. The summed E-state index contributed by atoms with van der Waals surface area (Å²) >= 11 is 0. The number of carbonyl (C=O) groups excluding carboxylic acids is 2. The summed E-state index contributed by atoms with van der Waals surface area (Å²) in [7, 11) is 0. The highest BCUT2D eigenvalue weighted by molar-refractivity contribution is 5.84. The number of nitrogens with one attached hydrogen (secondary N) is 2. The third-order valence-electron chi connectivity index (χ3n) is 5.20. The number of rotatable bonds is 4. The second-order valence-corrected chi connectivity index (χ2v) is 6.34. The minimum Gasteiger partial charge on any atom is -0.356 e. The number of nitrogens with zero attached hydrogens (tertiary/aromatic N) is 1. The Balaban J connectivity index is 1.91. The Labute approximate surface area is 127 Å². The molecule has 0 spiro atoms. The van der Waals surface area contributed by atoms with Crippen molar-refractivity contribution in [3.8, 4) is 0 Å². The first kappa shape index (κ1) is 16.3. The number of hydrogen-bond acceptors (Lipinski definition) is 3. The lowest BCUT2D eigenvalue weighted by Gasteiger charge is -2.41. The maximum atomic E-state index is 12.9. The van der Waals surface area contributed by atoms with E-state index in [1.54, 1.807) is 0 Å². The molecule has 2 N–H and O–H groups in total. The molecule has 120 valence electrons. The second-order valence-electron chi connectivity index (χ2n) is 6.34. The molecule has 0 unspecified atom stereocenters. The number of hydrogen-bond donors (Lipinski definition) is 2. The van der Waals surface area contributed by atoms with E-state index in [1.165, 1.54) is 0 Å². The van der Waals surface area contributed by atoms with E-state index in [-0.39, 0.29) is 17.2 Å². The van der Waals surface area contributed by atoms with Gasteiger partial charge in [-0.05, 0) is 52.1 Å². The van der Waals surface area contributed by atoms with Crippen molar-refractivity contribution in [1.29, 1.82) is 0 Å². The van der Waals surface area contributed by atoms with Gasteiger partial charge in [0, 0.05) is 25.6 Å². The molecule has 0 radical (unpaired) electrons. The Morgan fingerprint density at radius 1 is 1.19 bits per heavy atom. The molecular weight excluding hydrogens is 266 g/mol. The molecule has 0 aliphatic carbocycles. The lowest BCUT2D eigenvalue weighted by Crippen LogP contribution is -2.52. The van der Waals surface area contributed by atoms with Crippen molar-refractivity contribution in [1.82, 2.24) is 15.5 Å². The van der Waals surface area contributed by atoms with Gasteiger partial charge in [0.2, 0.25) is 11.8 Å². The first-order valence-electron chi connectivity index (χ1n) is 8.41. The second kappa shape index (κ2) is 7.25. The maximum Gasteiger partial charge on any atom is 0.228 e. The normalized spacial score (nSPS) is 22.9. The summed E-state index contributed by atoms with van der Waals surface area (Å²) < 4.78 is 0. The average Bonchev–Trinajstić information content (AvgIpc) is 2.55. The van der Waals surface area contributed by atoms with Crippen LogP contribution in [0.1, 0.15) is 46.0 Å². The highest BCUT2D eigenvalue weighted by atomic mass is 16.2. The fourth-order valence-corrected chi connectivity index (χ4v) is 3.62. The van der Waals surface area contributed by atoms with Gasteiger partial charge >= 0.3 is 0 Å². The van der Waals surface area contributed by atoms with E-state index in [4.69, 9.17) is 0 Å². The van der Waals surface area contributed by atoms with Crippen molar-refractivity contribution in [2.24, 2.45) is 11.3 Å². The maximum absolute atomic E-state index is 12.9. The summed E-state index contributed by atoms with van der Waals surface area (Å²) in [6.45, 7) is 8.10. The van der Waals surface area contributed by atoms with Crippen molar-refractivity contribution in [2.75, 3.05) is 32.7 Å². The van der Waals surface area contributed by atoms with Gasteiger partial charge in [-0.2, -0.15) is 0 Å². The van der Waals surface area contributed by atoms with Gasteiger partial charge in [-0.15, -0.1) is 0 Å². The highest BCUT2D eigenvalue weighted by Gasteiger charge is 2.41. The Kier molecular flexibility index (Phi) is 5.62. The number of carbonyl (C=O) groups is 2. The van der Waals surface area contributed by atoms with E-state index in [2.05, 4.69) is 17.6 Å². The van der Waals surface area contributed by atoms with E-state index < -0.39 is 0 Å². The smallest absolute Gasteiger partial charge is 0.228 e. The van der Waals surface area contributed by atoms with Crippen LogP contribution in [0.2, 0.25) is 0 Å². The predicted octanol–water partition coefficient (Wildman–Crippen LogP) is 1.14. The summed E-state index contributed by atoms with van der Waals surface area (Å²) in [5.74, 6) is 0.553. The molecule has 0 aromatic heterocycles. The Morgan fingerprint density at radius 3 is 2.33 bits per heavy atom. The van der Waals surface area contributed by atoms with Gasteiger partial charge in [-0.1, -0.05) is 6.92 Å². The lowest BCUT2D eigenvalue weighted by molar-refractivity contribution is -0.147. The van der Waals surface area contributed by atoms with Crippen LogP contribution in [-0.4, -0.2) is 49.4 Å². The summed E-state index contributed by atoms with van der Waals surface area (Å²) in [4.78, 5) is 26.8. The minimum atomic E-state index is -0.163. The Bertz CT molecular complexity index is 370. The molecule has 0 bridgehead atoms. The van der Waals surface area contributed by atoms with Crippen molar-refractivity contribution in [3.63, 3.8) is 0 Å². The number of piperidine rings is 2. The molecule has 5 heteroatoms. The van der Waals surface area contributed by atoms with Gasteiger partial charge in [0.25, 0.3) is 0 Å². The van der Waals surface area contributed by atoms with Crippen LogP contribution < -0.4 is 10.6 Å². The van der Waals surface area contributed by atoms with E-state index in [1.807, 2.05) is 11.8 Å². The molecule has 2 aliphatic heterocycles. The fraction of sp³-hybridized carbons (Fsp3) is 0.875. The fourth-order valence-electron chi connectivity index (χ4n) is 3.62. The minimum absolute atomic E-state index is 0.0830. The highest BCUT2D eigenvalue weighted by Crippen LogP contribution is 2.35. The van der Waals surface area contributed by atoms with Gasteiger partial charge in [0.15, 0.2) is 0 Å². The average molecular weight is 295 g/mol. The van der Waals surface area contributed by atoms with Crippen LogP contribution >= 0.6 is 0 Å². The summed E-state index contributed by atoms with van der Waals surface area (Å²) in [6, 6.07) is 0. The van der Waals surface area contributed by atoms with Crippen LogP contribution in [-0.2, 0) is 9.59 Å². The Hall–Kier alpha value is -1.10. The molecule has 0 aromatic carbocycles. The van der Waals surface area contributed by atoms with Gasteiger partial charge < -0.3 is 15.5 Å². The molecule has 2 saturated heterocycles. The van der Waals surface area contributed by atoms with Crippen LogP contribution in [0.5, 0.6) is 0 Å². The van der Waals surface area contributed by atoms with Crippen molar-refractivity contribution >= 4 is 11.8 Å². The van der Waals surface area contributed by atoms with Crippen LogP contribution in [0.25, 0.3) is 0 Å². The molecule has 2 heterocycles. The zero-order valence-electron chi connectivity index (χ0n) is 13.4. The predicted molar refractivity (Wildman–Crippen MR) is 82.8 cm³/mol. The largest absolute Gasteiger partial charge is 0.356 e. The van der Waals surface area contributed by atoms with Crippen LogP contribution in [0.4, 0.5) is 0 Å². The third-order valence-corrected chi connectivity index (χ3v) is 5.20. The molecule has 2 rings (SSSR count). The van der Waals surface area contributed by atoms with Crippen LogP contribution in [0.15, 0.2) is 0 Å². The molecule has 2 fully saturated rings. The molecule has 5 nitrogen and oxygen atoms in total. The van der Waals surface area contributed by atoms with E-state index in [0.717, 1.165) is 58.3 Å². The zero-order chi connectivity index (χ0) is 15.3. The number of amides is 2. The van der Waals surface area contributed by atoms with Gasteiger partial charge in [0.1, 0.15) is 0 Å². The summed E-state index contributed by atoms with van der Waals surface area (Å²) in [5.41, 5.74) is -0.163. The monoisotopic (exact) mass is 295 g/mol. The van der Waals surface area contributed by atoms with Crippen molar-refractivity contribution in [3.05, 3.63) is 0 Å². The first-order valence-corrected chi connectivity index (χ1v) is 8.41. The molecule has 2 amide bonds. The topological polar surface area (TPSA) is 61.4 Å². The van der Waals surface area contributed by atoms with Gasteiger partial charge in [-0.25, -0.2) is 0 Å². The van der Waals surface area contributed by atoms with Crippen molar-refractivity contribution in [2.45, 2.75) is 46.0 Å².